The summed E-state index contributed by atoms with van der Waals surface area (Å²) >= 11 is 1.51. The molecule has 0 saturated carbocycles. The molecule has 1 amide bonds. The van der Waals surface area contributed by atoms with Gasteiger partial charge in [-0.05, 0) is 63.1 Å². The van der Waals surface area contributed by atoms with Crippen molar-refractivity contribution in [1.29, 1.82) is 0 Å². The van der Waals surface area contributed by atoms with E-state index in [4.69, 9.17) is 18.9 Å². The number of nitrogens with one attached hydrogen (secondary N) is 1. The van der Waals surface area contributed by atoms with Crippen molar-refractivity contribution < 1.29 is 32.9 Å². The number of thioether (sulfide) groups is 1. The van der Waals surface area contributed by atoms with Gasteiger partial charge in [0.05, 0.1) is 24.2 Å². The topological polar surface area (TPSA) is 83.1 Å². The number of ether oxygens (including phenoxy) is 4. The first kappa shape index (κ1) is 25.4. The number of carbonyl (C=O) groups excluding carboxylic acids is 2. The Kier molecular flexibility index (Phi) is 8.44. The van der Waals surface area contributed by atoms with Crippen molar-refractivity contribution in [3.05, 3.63) is 53.4 Å². The second-order valence-electron chi connectivity index (χ2n) is 8.42. The molecular formula is C25H28FNO6S. The zero-order valence-electron chi connectivity index (χ0n) is 19.6. The van der Waals surface area contributed by atoms with Gasteiger partial charge >= 0.3 is 6.09 Å². The number of rotatable bonds is 9. The van der Waals surface area contributed by atoms with Crippen LogP contribution < -0.4 is 19.5 Å². The molecule has 0 atom stereocenters. The zero-order valence-corrected chi connectivity index (χ0v) is 20.4. The van der Waals surface area contributed by atoms with Crippen LogP contribution >= 0.6 is 11.8 Å². The van der Waals surface area contributed by atoms with Gasteiger partial charge < -0.3 is 24.3 Å². The van der Waals surface area contributed by atoms with Gasteiger partial charge in [0, 0.05) is 6.54 Å². The van der Waals surface area contributed by atoms with Gasteiger partial charge in [-0.25, -0.2) is 9.18 Å². The lowest BCUT2D eigenvalue weighted by Gasteiger charge is -2.19. The molecular weight excluding hydrogens is 461 g/mol. The summed E-state index contributed by atoms with van der Waals surface area (Å²) < 4.78 is 35.5. The number of amides is 1. The first-order chi connectivity index (χ1) is 16.2. The van der Waals surface area contributed by atoms with Gasteiger partial charge in [0.25, 0.3) is 0 Å². The summed E-state index contributed by atoms with van der Waals surface area (Å²) in [6.45, 7) is 6.04. The molecule has 0 saturated heterocycles. The molecule has 0 radical (unpaired) electrons. The number of allylic oxidation sites excluding steroid dienone is 1. The number of methoxy groups -OCH3 is 1. The highest BCUT2D eigenvalue weighted by Gasteiger charge is 2.21. The lowest BCUT2D eigenvalue weighted by molar-refractivity contribution is 0.0525. The van der Waals surface area contributed by atoms with E-state index in [-0.39, 0.29) is 18.1 Å². The number of carbonyl (C=O) groups is 2. The minimum atomic E-state index is -0.564. The number of hydrogen-bond donors (Lipinski definition) is 1. The number of benzene rings is 2. The molecule has 0 aliphatic carbocycles. The summed E-state index contributed by atoms with van der Waals surface area (Å²) in [6.07, 6.45) is 2.92. The predicted molar refractivity (Wildman–Crippen MR) is 128 cm³/mol. The highest BCUT2D eigenvalue weighted by atomic mass is 32.2. The quantitative estimate of drug-likeness (QED) is 0.284. The van der Waals surface area contributed by atoms with Gasteiger partial charge in [0.15, 0.2) is 17.3 Å². The van der Waals surface area contributed by atoms with Crippen LogP contribution in [-0.4, -0.2) is 43.7 Å². The Balaban J connectivity index is 1.65. The third kappa shape index (κ3) is 7.15. The van der Waals surface area contributed by atoms with Crippen molar-refractivity contribution in [2.45, 2.75) is 37.7 Å². The maximum absolute atomic E-state index is 13.9. The average Bonchev–Trinajstić information content (AvgIpc) is 3.23. The second kappa shape index (κ2) is 11.3. The van der Waals surface area contributed by atoms with Gasteiger partial charge in [0.2, 0.25) is 0 Å². The molecule has 2 aromatic carbocycles. The largest absolute Gasteiger partial charge is 0.494 e. The Morgan fingerprint density at radius 3 is 2.71 bits per heavy atom. The fourth-order valence-corrected chi connectivity index (χ4v) is 3.81. The van der Waals surface area contributed by atoms with E-state index in [9.17, 15) is 14.0 Å². The molecule has 3 rings (SSSR count). The maximum atomic E-state index is 13.9. The molecule has 0 unspecified atom stereocenters. The molecule has 34 heavy (non-hydrogen) atoms. The first-order valence-electron chi connectivity index (χ1n) is 10.8. The van der Waals surface area contributed by atoms with Gasteiger partial charge in [-0.2, -0.15) is 0 Å². The Morgan fingerprint density at radius 2 is 2.00 bits per heavy atom. The van der Waals surface area contributed by atoms with E-state index in [0.29, 0.717) is 41.5 Å². The molecule has 9 heteroatoms. The minimum absolute atomic E-state index is 0.133. The van der Waals surface area contributed by atoms with Crippen LogP contribution in [0.5, 0.6) is 17.2 Å². The highest BCUT2D eigenvalue weighted by Crippen LogP contribution is 2.41. The summed E-state index contributed by atoms with van der Waals surface area (Å²) in [5.41, 5.74) is 0.298. The summed E-state index contributed by atoms with van der Waals surface area (Å²) in [5.74, 6) is 0.826. The van der Waals surface area contributed by atoms with Gasteiger partial charge in [-0.3, -0.25) is 4.79 Å². The fraction of sp³-hybridized carbons (Fsp3) is 0.360. The Hall–Kier alpha value is -3.20. The van der Waals surface area contributed by atoms with Crippen molar-refractivity contribution in [1.82, 2.24) is 5.32 Å². The second-order valence-corrected chi connectivity index (χ2v) is 9.39. The SMILES string of the molecule is COc1ccc(C=CC(=O)c2cc3c(cc2OCCCNC(=O)OC(C)(C)C)SCO3)cc1F. The Labute approximate surface area is 202 Å². The van der Waals surface area contributed by atoms with Crippen molar-refractivity contribution >= 4 is 29.7 Å². The van der Waals surface area contributed by atoms with E-state index in [1.54, 1.807) is 39.0 Å². The molecule has 1 aliphatic rings. The van der Waals surface area contributed by atoms with Gasteiger partial charge in [-0.1, -0.05) is 23.9 Å². The van der Waals surface area contributed by atoms with E-state index >= 15 is 0 Å². The molecule has 0 spiro atoms. The van der Waals surface area contributed by atoms with Crippen LogP contribution in [0, 0.1) is 5.82 Å². The summed E-state index contributed by atoms with van der Waals surface area (Å²) in [7, 11) is 1.39. The maximum Gasteiger partial charge on any atom is 0.407 e. The van der Waals surface area contributed by atoms with E-state index in [0.717, 1.165) is 4.90 Å². The molecule has 2 aromatic rings. The molecule has 1 N–H and O–H groups in total. The first-order valence-corrected chi connectivity index (χ1v) is 11.7. The van der Waals surface area contributed by atoms with Crippen LogP contribution in [0.15, 0.2) is 41.3 Å². The molecule has 182 valence electrons. The van der Waals surface area contributed by atoms with Crippen LogP contribution in [-0.2, 0) is 4.74 Å². The zero-order chi connectivity index (χ0) is 24.7. The number of fused-ring (bicyclic) bond motifs is 1. The van der Waals surface area contributed by atoms with Crippen LogP contribution in [0.1, 0.15) is 43.1 Å². The lowest BCUT2D eigenvalue weighted by Crippen LogP contribution is -2.33. The molecule has 1 heterocycles. The normalized spacial score (nSPS) is 12.7. The van der Waals surface area contributed by atoms with Crippen LogP contribution in [0.2, 0.25) is 0 Å². The monoisotopic (exact) mass is 489 g/mol. The number of halogens is 1. The standard InChI is InChI=1S/C25H28FNO6S/c1-25(2,3)33-24(29)27-10-5-11-31-21-14-23-22(32-15-34-23)13-17(21)19(28)8-6-16-7-9-20(30-4)18(26)12-16/h6-9,12-14H,5,10-11,15H2,1-4H3,(H,27,29). The molecule has 1 aliphatic heterocycles. The van der Waals surface area contributed by atoms with E-state index in [1.807, 2.05) is 0 Å². The van der Waals surface area contributed by atoms with Gasteiger partial charge in [-0.15, -0.1) is 0 Å². The smallest absolute Gasteiger partial charge is 0.407 e. The van der Waals surface area contributed by atoms with Gasteiger partial charge in [0.1, 0.15) is 23.0 Å². The lowest BCUT2D eigenvalue weighted by atomic mass is 10.1. The third-order valence-electron chi connectivity index (χ3n) is 4.59. The molecule has 0 bridgehead atoms. The van der Waals surface area contributed by atoms with Crippen LogP contribution in [0.3, 0.4) is 0 Å². The number of ketones is 1. The summed E-state index contributed by atoms with van der Waals surface area (Å²) in [5, 5.41) is 2.67. The third-order valence-corrected chi connectivity index (χ3v) is 5.46. The average molecular weight is 490 g/mol. The van der Waals surface area contributed by atoms with Crippen molar-refractivity contribution in [3.63, 3.8) is 0 Å². The minimum Gasteiger partial charge on any atom is -0.494 e. The predicted octanol–water partition coefficient (Wildman–Crippen LogP) is 5.47. The Bertz CT molecular complexity index is 1080. The summed E-state index contributed by atoms with van der Waals surface area (Å²) in [6, 6.07) is 7.89. The van der Waals surface area contributed by atoms with E-state index < -0.39 is 17.5 Å². The molecule has 0 fully saturated rings. The van der Waals surface area contributed by atoms with Crippen LogP contribution in [0.25, 0.3) is 6.08 Å². The van der Waals surface area contributed by atoms with E-state index in [1.165, 1.54) is 43.2 Å². The highest BCUT2D eigenvalue weighted by molar-refractivity contribution is 7.99. The van der Waals surface area contributed by atoms with Crippen molar-refractivity contribution in [2.75, 3.05) is 26.2 Å². The summed E-state index contributed by atoms with van der Waals surface area (Å²) in [4.78, 5) is 25.6. The Morgan fingerprint density at radius 1 is 1.21 bits per heavy atom. The number of alkyl carbamates (subject to hydrolysis) is 1. The molecule has 7 nitrogen and oxygen atoms in total. The number of hydrogen-bond acceptors (Lipinski definition) is 7. The van der Waals surface area contributed by atoms with Crippen LogP contribution in [0.4, 0.5) is 9.18 Å². The van der Waals surface area contributed by atoms with Crippen molar-refractivity contribution in [3.8, 4) is 17.2 Å². The molecule has 0 aromatic heterocycles. The van der Waals surface area contributed by atoms with Crippen molar-refractivity contribution in [2.24, 2.45) is 0 Å². The van der Waals surface area contributed by atoms with E-state index in [2.05, 4.69) is 5.32 Å². The fourth-order valence-electron chi connectivity index (χ4n) is 3.04.